The molecule has 1 aliphatic heterocycles. The molecule has 1 aromatic rings. The number of nitrogens with zero attached hydrogens (tertiary/aromatic N) is 1. The Hall–Kier alpha value is -1.26. The molecule has 0 aliphatic carbocycles. The summed E-state index contributed by atoms with van der Waals surface area (Å²) in [4.78, 5) is 14.2. The summed E-state index contributed by atoms with van der Waals surface area (Å²) in [5.41, 5.74) is 6.00. The molecule has 1 aromatic carbocycles. The zero-order chi connectivity index (χ0) is 15.9. The van der Waals surface area contributed by atoms with Crippen molar-refractivity contribution < 1.29 is 9.53 Å². The smallest absolute Gasteiger partial charge is 0.239 e. The Bertz CT molecular complexity index is 459. The van der Waals surface area contributed by atoms with Crippen LogP contribution in [0, 0.1) is 11.8 Å². The van der Waals surface area contributed by atoms with Gasteiger partial charge in [-0.25, -0.2) is 0 Å². The summed E-state index contributed by atoms with van der Waals surface area (Å²) in [6.07, 6.45) is 2.75. The quantitative estimate of drug-likeness (QED) is 0.865. The predicted molar refractivity (Wildman–Crippen MR) is 95.9 cm³/mol. The van der Waals surface area contributed by atoms with E-state index in [4.69, 9.17) is 10.5 Å². The third kappa shape index (κ3) is 6.40. The number of ether oxygens (including phenoxy) is 1. The minimum Gasteiger partial charge on any atom is -0.493 e. The van der Waals surface area contributed by atoms with E-state index >= 15 is 0 Å². The van der Waals surface area contributed by atoms with E-state index in [0.29, 0.717) is 11.8 Å². The normalized spacial score (nSPS) is 16.8. The Labute approximate surface area is 145 Å². The van der Waals surface area contributed by atoms with Crippen LogP contribution in [-0.2, 0) is 4.79 Å². The number of halogens is 1. The molecule has 0 bridgehead atoms. The van der Waals surface area contributed by atoms with E-state index in [9.17, 15) is 4.79 Å². The van der Waals surface area contributed by atoms with Crippen molar-refractivity contribution in [3.05, 3.63) is 30.3 Å². The van der Waals surface area contributed by atoms with Crippen molar-refractivity contribution in [3.8, 4) is 5.75 Å². The molecular weight excluding hydrogens is 312 g/mol. The van der Waals surface area contributed by atoms with Crippen LogP contribution in [0.25, 0.3) is 0 Å². The standard InChI is InChI=1S/C18H28N2O2.ClH/c1-14(2)12-17(19)18(21)20-10-8-15(9-11-20)13-22-16-6-4-3-5-7-16;/h3-7,14-15,17H,8-13,19H2,1-2H3;1H/t17-;/m0./s1. The molecule has 0 saturated carbocycles. The van der Waals surface area contributed by atoms with Gasteiger partial charge in [-0.1, -0.05) is 32.0 Å². The third-order valence-corrected chi connectivity index (χ3v) is 4.20. The van der Waals surface area contributed by atoms with Crippen molar-refractivity contribution in [2.24, 2.45) is 17.6 Å². The summed E-state index contributed by atoms with van der Waals surface area (Å²) in [6.45, 7) is 6.52. The fourth-order valence-corrected chi connectivity index (χ4v) is 2.89. The molecule has 0 spiro atoms. The Morgan fingerprint density at radius 3 is 2.43 bits per heavy atom. The highest BCUT2D eigenvalue weighted by Crippen LogP contribution is 2.20. The van der Waals surface area contributed by atoms with Gasteiger partial charge in [-0.05, 0) is 43.2 Å². The molecule has 0 aromatic heterocycles. The molecule has 23 heavy (non-hydrogen) atoms. The topological polar surface area (TPSA) is 55.6 Å². The van der Waals surface area contributed by atoms with Crippen molar-refractivity contribution in [3.63, 3.8) is 0 Å². The van der Waals surface area contributed by atoms with Gasteiger partial charge in [0.1, 0.15) is 5.75 Å². The maximum atomic E-state index is 12.3. The molecule has 1 fully saturated rings. The number of carbonyl (C=O) groups excluding carboxylic acids is 1. The van der Waals surface area contributed by atoms with Gasteiger partial charge >= 0.3 is 0 Å². The molecule has 1 saturated heterocycles. The number of hydrogen-bond acceptors (Lipinski definition) is 3. The van der Waals surface area contributed by atoms with Crippen molar-refractivity contribution in [1.82, 2.24) is 4.90 Å². The lowest BCUT2D eigenvalue weighted by molar-refractivity contribution is -0.134. The lowest BCUT2D eigenvalue weighted by Crippen LogP contribution is -2.48. The van der Waals surface area contributed by atoms with E-state index in [1.807, 2.05) is 35.2 Å². The molecule has 2 N–H and O–H groups in total. The van der Waals surface area contributed by atoms with Gasteiger partial charge in [0.15, 0.2) is 0 Å². The second-order valence-corrected chi connectivity index (χ2v) is 6.63. The van der Waals surface area contributed by atoms with Crippen LogP contribution < -0.4 is 10.5 Å². The Kier molecular flexibility index (Phi) is 8.42. The maximum absolute atomic E-state index is 12.3. The minimum atomic E-state index is -0.350. The molecule has 1 heterocycles. The number of piperidine rings is 1. The van der Waals surface area contributed by atoms with Crippen LogP contribution in [0.3, 0.4) is 0 Å². The van der Waals surface area contributed by atoms with Gasteiger partial charge in [0, 0.05) is 13.1 Å². The van der Waals surface area contributed by atoms with Gasteiger partial charge in [0.05, 0.1) is 12.6 Å². The van der Waals surface area contributed by atoms with Gasteiger partial charge in [0.25, 0.3) is 0 Å². The number of rotatable bonds is 6. The van der Waals surface area contributed by atoms with E-state index in [1.165, 1.54) is 0 Å². The molecule has 0 radical (unpaired) electrons. The molecule has 1 amide bonds. The van der Waals surface area contributed by atoms with Crippen LogP contribution in [0.15, 0.2) is 30.3 Å². The van der Waals surface area contributed by atoms with Gasteiger partial charge in [0.2, 0.25) is 5.91 Å². The SMILES string of the molecule is CC(C)C[C@H](N)C(=O)N1CCC(COc2ccccc2)CC1.Cl. The van der Waals surface area contributed by atoms with Crippen LogP contribution in [0.2, 0.25) is 0 Å². The summed E-state index contributed by atoms with van der Waals surface area (Å²) in [7, 11) is 0. The van der Waals surface area contributed by atoms with E-state index < -0.39 is 0 Å². The Morgan fingerprint density at radius 1 is 1.26 bits per heavy atom. The average molecular weight is 341 g/mol. The molecule has 1 atom stereocenters. The summed E-state index contributed by atoms with van der Waals surface area (Å²) < 4.78 is 5.81. The summed E-state index contributed by atoms with van der Waals surface area (Å²) in [5.74, 6) is 2.00. The Morgan fingerprint density at radius 2 is 1.87 bits per heavy atom. The number of likely N-dealkylation sites (tertiary alicyclic amines) is 1. The largest absolute Gasteiger partial charge is 0.493 e. The zero-order valence-corrected chi connectivity index (χ0v) is 14.9. The van der Waals surface area contributed by atoms with E-state index in [-0.39, 0.29) is 24.4 Å². The maximum Gasteiger partial charge on any atom is 0.239 e. The van der Waals surface area contributed by atoms with Crippen LogP contribution >= 0.6 is 12.4 Å². The molecule has 1 aliphatic rings. The first-order valence-electron chi connectivity index (χ1n) is 8.28. The highest BCUT2D eigenvalue weighted by atomic mass is 35.5. The van der Waals surface area contributed by atoms with Gasteiger partial charge < -0.3 is 15.4 Å². The van der Waals surface area contributed by atoms with Crippen molar-refractivity contribution in [2.75, 3.05) is 19.7 Å². The number of amides is 1. The molecule has 0 unspecified atom stereocenters. The number of nitrogens with two attached hydrogens (primary N) is 1. The van der Waals surface area contributed by atoms with E-state index in [2.05, 4.69) is 13.8 Å². The second-order valence-electron chi connectivity index (χ2n) is 6.63. The van der Waals surface area contributed by atoms with Crippen molar-refractivity contribution in [1.29, 1.82) is 0 Å². The third-order valence-electron chi connectivity index (χ3n) is 4.20. The first-order valence-corrected chi connectivity index (χ1v) is 8.28. The number of para-hydroxylation sites is 1. The van der Waals surface area contributed by atoms with Crippen LogP contribution in [-0.4, -0.2) is 36.5 Å². The van der Waals surface area contributed by atoms with Crippen molar-refractivity contribution >= 4 is 18.3 Å². The molecule has 4 nitrogen and oxygen atoms in total. The van der Waals surface area contributed by atoms with Gasteiger partial charge in [-0.2, -0.15) is 0 Å². The molecular formula is C18H29ClN2O2. The van der Waals surface area contributed by atoms with Crippen molar-refractivity contribution in [2.45, 2.75) is 39.2 Å². The molecule has 5 heteroatoms. The van der Waals surface area contributed by atoms with Gasteiger partial charge in [-0.15, -0.1) is 12.4 Å². The minimum absolute atomic E-state index is 0. The summed E-state index contributed by atoms with van der Waals surface area (Å²) >= 11 is 0. The molecule has 130 valence electrons. The van der Waals surface area contributed by atoms with Crippen LogP contribution in [0.5, 0.6) is 5.75 Å². The van der Waals surface area contributed by atoms with Crippen LogP contribution in [0.1, 0.15) is 33.1 Å². The Balaban J connectivity index is 0.00000264. The van der Waals surface area contributed by atoms with E-state index in [0.717, 1.165) is 44.7 Å². The zero-order valence-electron chi connectivity index (χ0n) is 14.1. The lowest BCUT2D eigenvalue weighted by atomic mass is 9.96. The van der Waals surface area contributed by atoms with Crippen LogP contribution in [0.4, 0.5) is 0 Å². The summed E-state index contributed by atoms with van der Waals surface area (Å²) in [6, 6.07) is 9.54. The predicted octanol–water partition coefficient (Wildman–Crippen LogP) is 3.10. The first-order chi connectivity index (χ1) is 10.6. The number of hydrogen-bond donors (Lipinski definition) is 1. The van der Waals surface area contributed by atoms with Gasteiger partial charge in [-0.3, -0.25) is 4.79 Å². The highest BCUT2D eigenvalue weighted by molar-refractivity contribution is 5.85. The summed E-state index contributed by atoms with van der Waals surface area (Å²) in [5, 5.41) is 0. The average Bonchev–Trinajstić information content (AvgIpc) is 2.53. The fraction of sp³-hybridized carbons (Fsp3) is 0.611. The fourth-order valence-electron chi connectivity index (χ4n) is 2.89. The highest BCUT2D eigenvalue weighted by Gasteiger charge is 2.26. The second kappa shape index (κ2) is 9.78. The number of benzene rings is 1. The lowest BCUT2D eigenvalue weighted by Gasteiger charge is -2.33. The monoisotopic (exact) mass is 340 g/mol. The van der Waals surface area contributed by atoms with E-state index in [1.54, 1.807) is 0 Å². The molecule has 2 rings (SSSR count). The number of carbonyl (C=O) groups is 1. The first kappa shape index (κ1) is 19.8.